The molecule has 1 amide bonds. The largest absolute Gasteiger partial charge is 0.469 e. The van der Waals surface area contributed by atoms with Crippen LogP contribution in [-0.4, -0.2) is 25.5 Å². The Balaban J connectivity index is 0.00000312. The van der Waals surface area contributed by atoms with E-state index in [9.17, 15) is 9.59 Å². The van der Waals surface area contributed by atoms with Gasteiger partial charge in [0, 0.05) is 0 Å². The molecule has 2 rings (SSSR count). The summed E-state index contributed by atoms with van der Waals surface area (Å²) in [6, 6.07) is 15.5. The third-order valence-electron chi connectivity index (χ3n) is 3.82. The molecule has 0 saturated heterocycles. The van der Waals surface area contributed by atoms with Gasteiger partial charge in [0.15, 0.2) is 0 Å². The Morgan fingerprint density at radius 3 is 2.04 bits per heavy atom. The van der Waals surface area contributed by atoms with Crippen LogP contribution >= 0.6 is 12.4 Å². The third kappa shape index (κ3) is 5.89. The van der Waals surface area contributed by atoms with Gasteiger partial charge in [-0.3, -0.25) is 9.59 Å². The van der Waals surface area contributed by atoms with Gasteiger partial charge in [0.25, 0.3) is 0 Å². The fourth-order valence-corrected chi connectivity index (χ4v) is 2.41. The van der Waals surface area contributed by atoms with Gasteiger partial charge >= 0.3 is 5.97 Å². The highest BCUT2D eigenvalue weighted by Crippen LogP contribution is 2.24. The van der Waals surface area contributed by atoms with E-state index in [0.717, 1.165) is 16.7 Å². The number of carbonyl (C=O) groups is 2. The number of amides is 1. The number of hydrogen-bond donors (Lipinski definition) is 2. The molecule has 1 unspecified atom stereocenters. The molecule has 5 nitrogen and oxygen atoms in total. The highest BCUT2D eigenvalue weighted by molar-refractivity contribution is 5.85. The zero-order valence-corrected chi connectivity index (χ0v) is 15.1. The van der Waals surface area contributed by atoms with Crippen LogP contribution in [0.25, 0.3) is 11.1 Å². The van der Waals surface area contributed by atoms with Crippen molar-refractivity contribution in [1.82, 2.24) is 5.32 Å². The van der Waals surface area contributed by atoms with E-state index in [2.05, 4.69) is 29.6 Å². The van der Waals surface area contributed by atoms with E-state index >= 15 is 0 Å². The molecule has 2 aromatic carbocycles. The summed E-state index contributed by atoms with van der Waals surface area (Å²) >= 11 is 0. The number of hydrogen-bond acceptors (Lipinski definition) is 4. The molecular weight excluding hydrogens is 340 g/mol. The fraction of sp³-hybridized carbons (Fsp3) is 0.263. The Morgan fingerprint density at radius 1 is 1.04 bits per heavy atom. The number of benzene rings is 2. The van der Waals surface area contributed by atoms with E-state index in [-0.39, 0.29) is 37.2 Å². The zero-order valence-electron chi connectivity index (χ0n) is 14.3. The van der Waals surface area contributed by atoms with Crippen LogP contribution in [-0.2, 0) is 14.3 Å². The number of halogens is 1. The zero-order chi connectivity index (χ0) is 17.5. The number of methoxy groups -OCH3 is 1. The quantitative estimate of drug-likeness (QED) is 0.774. The molecule has 0 bridgehead atoms. The van der Waals surface area contributed by atoms with Crippen LogP contribution in [0.3, 0.4) is 0 Å². The summed E-state index contributed by atoms with van der Waals surface area (Å²) in [5.74, 6) is -0.702. The molecule has 3 N–H and O–H groups in total. The van der Waals surface area contributed by atoms with Gasteiger partial charge in [0.1, 0.15) is 0 Å². The lowest BCUT2D eigenvalue weighted by Gasteiger charge is -2.18. The maximum atomic E-state index is 11.6. The lowest BCUT2D eigenvalue weighted by molar-refractivity contribution is -0.141. The maximum absolute atomic E-state index is 11.6. The molecule has 6 heteroatoms. The van der Waals surface area contributed by atoms with E-state index in [1.807, 2.05) is 31.2 Å². The van der Waals surface area contributed by atoms with Gasteiger partial charge in [0.05, 0.1) is 26.1 Å². The minimum atomic E-state index is -0.458. The van der Waals surface area contributed by atoms with Crippen molar-refractivity contribution >= 4 is 24.3 Å². The van der Waals surface area contributed by atoms with Crippen LogP contribution in [0.4, 0.5) is 0 Å². The predicted molar refractivity (Wildman–Crippen MR) is 100 cm³/mol. The number of ether oxygens (including phenoxy) is 1. The summed E-state index contributed by atoms with van der Waals surface area (Å²) in [5.41, 5.74) is 9.57. The average Bonchev–Trinajstić information content (AvgIpc) is 2.61. The fourth-order valence-electron chi connectivity index (χ4n) is 2.41. The number of nitrogens with one attached hydrogen (secondary N) is 1. The number of aryl methyl sites for hydroxylation is 1. The first-order valence-electron chi connectivity index (χ1n) is 7.76. The highest BCUT2D eigenvalue weighted by atomic mass is 35.5. The van der Waals surface area contributed by atoms with Gasteiger partial charge in [-0.2, -0.15) is 0 Å². The minimum Gasteiger partial charge on any atom is -0.469 e. The number of rotatable bonds is 6. The van der Waals surface area contributed by atoms with Crippen molar-refractivity contribution in [3.8, 4) is 11.1 Å². The summed E-state index contributed by atoms with van der Waals surface area (Å²) in [6.07, 6.45) is 0.0616. The summed E-state index contributed by atoms with van der Waals surface area (Å²) in [5, 5.41) is 2.75. The molecule has 1 atom stereocenters. The number of nitrogens with two attached hydrogens (primary N) is 1. The van der Waals surface area contributed by atoms with Crippen LogP contribution in [0, 0.1) is 6.92 Å². The van der Waals surface area contributed by atoms with Gasteiger partial charge in [0.2, 0.25) is 5.91 Å². The molecular formula is C19H23ClN2O3. The summed E-state index contributed by atoms with van der Waals surface area (Å²) < 4.78 is 4.70. The van der Waals surface area contributed by atoms with Gasteiger partial charge in [-0.15, -0.1) is 12.4 Å². The molecule has 0 radical (unpaired) electrons. The first-order chi connectivity index (χ1) is 11.5. The van der Waals surface area contributed by atoms with Crippen LogP contribution in [0.15, 0.2) is 48.5 Å². The van der Waals surface area contributed by atoms with E-state index in [4.69, 9.17) is 10.5 Å². The van der Waals surface area contributed by atoms with E-state index in [0.29, 0.717) is 0 Å². The molecule has 0 aliphatic carbocycles. The monoisotopic (exact) mass is 362 g/mol. The second-order valence-electron chi connectivity index (χ2n) is 5.59. The predicted octanol–water partition coefficient (Wildman–Crippen LogP) is 2.76. The Bertz CT molecular complexity index is 682. The Morgan fingerprint density at radius 2 is 1.56 bits per heavy atom. The standard InChI is InChI=1S/C19H22N2O3.ClH/c1-13-3-5-14(6-4-13)15-7-9-16(10-8-15)17(11-19(23)24-2)21-18(22)12-20;/h3-10,17H,11-12,20H2,1-2H3,(H,21,22);1H. The van der Waals surface area contributed by atoms with Crippen molar-refractivity contribution in [3.63, 3.8) is 0 Å². The maximum Gasteiger partial charge on any atom is 0.307 e. The summed E-state index contributed by atoms with van der Waals surface area (Å²) in [6.45, 7) is 1.92. The molecule has 0 fully saturated rings. The van der Waals surface area contributed by atoms with Crippen LogP contribution < -0.4 is 11.1 Å². The van der Waals surface area contributed by atoms with Gasteiger partial charge < -0.3 is 15.8 Å². The molecule has 25 heavy (non-hydrogen) atoms. The Kier molecular flexibility index (Phi) is 8.11. The first-order valence-corrected chi connectivity index (χ1v) is 7.76. The molecule has 0 aromatic heterocycles. The van der Waals surface area contributed by atoms with Crippen molar-refractivity contribution in [2.75, 3.05) is 13.7 Å². The number of esters is 1. The second kappa shape index (κ2) is 9.81. The SMILES string of the molecule is COC(=O)CC(NC(=O)CN)c1ccc(-c2ccc(C)cc2)cc1.Cl. The molecule has 0 saturated carbocycles. The van der Waals surface area contributed by atoms with Crippen molar-refractivity contribution < 1.29 is 14.3 Å². The van der Waals surface area contributed by atoms with Crippen LogP contribution in [0.1, 0.15) is 23.6 Å². The lowest BCUT2D eigenvalue weighted by atomic mass is 9.98. The van der Waals surface area contributed by atoms with Gasteiger partial charge in [-0.05, 0) is 23.6 Å². The minimum absolute atomic E-state index is 0. The number of carbonyl (C=O) groups excluding carboxylic acids is 2. The molecule has 2 aromatic rings. The average molecular weight is 363 g/mol. The highest BCUT2D eigenvalue weighted by Gasteiger charge is 2.18. The normalized spacial score (nSPS) is 11.2. The van der Waals surface area contributed by atoms with Crippen LogP contribution in [0.2, 0.25) is 0 Å². The van der Waals surface area contributed by atoms with Crippen molar-refractivity contribution in [2.45, 2.75) is 19.4 Å². The van der Waals surface area contributed by atoms with Crippen molar-refractivity contribution in [3.05, 3.63) is 59.7 Å². The van der Waals surface area contributed by atoms with Crippen molar-refractivity contribution in [1.29, 1.82) is 0 Å². The second-order valence-corrected chi connectivity index (χ2v) is 5.59. The van der Waals surface area contributed by atoms with E-state index < -0.39 is 6.04 Å². The Hall–Kier alpha value is -2.37. The van der Waals surface area contributed by atoms with Crippen molar-refractivity contribution in [2.24, 2.45) is 5.73 Å². The molecule has 0 aliphatic rings. The lowest BCUT2D eigenvalue weighted by Crippen LogP contribution is -2.35. The molecule has 0 heterocycles. The summed E-state index contributed by atoms with van der Waals surface area (Å²) in [4.78, 5) is 23.2. The molecule has 0 aliphatic heterocycles. The van der Waals surface area contributed by atoms with E-state index in [1.165, 1.54) is 12.7 Å². The van der Waals surface area contributed by atoms with Crippen LogP contribution in [0.5, 0.6) is 0 Å². The van der Waals surface area contributed by atoms with Gasteiger partial charge in [-0.25, -0.2) is 0 Å². The third-order valence-corrected chi connectivity index (χ3v) is 3.82. The van der Waals surface area contributed by atoms with Gasteiger partial charge in [-0.1, -0.05) is 54.1 Å². The topological polar surface area (TPSA) is 81.4 Å². The Labute approximate surface area is 154 Å². The summed E-state index contributed by atoms with van der Waals surface area (Å²) in [7, 11) is 1.32. The molecule has 0 spiro atoms. The van der Waals surface area contributed by atoms with E-state index in [1.54, 1.807) is 0 Å². The smallest absolute Gasteiger partial charge is 0.307 e. The molecule has 134 valence electrons. The first kappa shape index (κ1) is 20.7.